The number of hydrogen-bond acceptors (Lipinski definition) is 4. The van der Waals surface area contributed by atoms with Crippen LogP contribution in [0, 0.1) is 0 Å². The van der Waals surface area contributed by atoms with E-state index in [9.17, 15) is 14.4 Å². The first-order chi connectivity index (χ1) is 8.63. The van der Waals surface area contributed by atoms with Crippen LogP contribution in [0.1, 0.15) is 10.4 Å². The lowest BCUT2D eigenvalue weighted by Crippen LogP contribution is -2.38. The highest BCUT2D eigenvalue weighted by Gasteiger charge is 2.07. The van der Waals surface area contributed by atoms with Crippen LogP contribution in [-0.2, 0) is 9.53 Å². The molecule has 7 heteroatoms. The minimum atomic E-state index is -0.469. The fourth-order valence-corrected chi connectivity index (χ4v) is 1.20. The molecule has 2 amide bonds. The minimum absolute atomic E-state index is 0.144. The molecule has 0 unspecified atom stereocenters. The Bertz CT molecular complexity index is 469. The number of ether oxygens (including phenoxy) is 1. The number of hydrogen-bond donors (Lipinski definition) is 3. The summed E-state index contributed by atoms with van der Waals surface area (Å²) in [5.74, 6) is -0.784. The number of carbonyl (C=O) groups excluding carboxylic acids is 2. The highest BCUT2D eigenvalue weighted by Crippen LogP contribution is 1.91. The predicted molar refractivity (Wildman–Crippen MR) is 64.3 cm³/mol. The molecule has 0 aromatic carbocycles. The van der Waals surface area contributed by atoms with Crippen LogP contribution in [0.15, 0.2) is 23.1 Å². The van der Waals surface area contributed by atoms with Crippen molar-refractivity contribution in [2.75, 3.05) is 26.8 Å². The molecular formula is C11H15N3O4. The molecule has 1 aromatic rings. The average molecular weight is 253 g/mol. The van der Waals surface area contributed by atoms with Gasteiger partial charge in [0, 0.05) is 31.5 Å². The van der Waals surface area contributed by atoms with Gasteiger partial charge in [-0.3, -0.25) is 14.4 Å². The van der Waals surface area contributed by atoms with Crippen molar-refractivity contribution in [1.82, 2.24) is 15.6 Å². The molecule has 0 saturated heterocycles. The zero-order valence-electron chi connectivity index (χ0n) is 9.99. The predicted octanol–water partition coefficient (Wildman–Crippen LogP) is -1.13. The number of rotatable bonds is 6. The lowest BCUT2D eigenvalue weighted by Gasteiger charge is -2.06. The van der Waals surface area contributed by atoms with Crippen molar-refractivity contribution >= 4 is 11.8 Å². The Hall–Kier alpha value is -2.15. The van der Waals surface area contributed by atoms with Gasteiger partial charge in [-0.1, -0.05) is 0 Å². The number of aromatic nitrogens is 1. The van der Waals surface area contributed by atoms with Gasteiger partial charge in [0.25, 0.3) is 5.91 Å². The molecule has 7 nitrogen and oxygen atoms in total. The first kappa shape index (κ1) is 13.9. The van der Waals surface area contributed by atoms with E-state index in [4.69, 9.17) is 4.74 Å². The maximum Gasteiger partial charge on any atom is 0.251 e. The maximum absolute atomic E-state index is 11.6. The Morgan fingerprint density at radius 2 is 2.17 bits per heavy atom. The Labute approximate surface area is 104 Å². The van der Waals surface area contributed by atoms with Crippen molar-refractivity contribution < 1.29 is 14.3 Å². The van der Waals surface area contributed by atoms with E-state index in [1.165, 1.54) is 19.4 Å². The molecule has 0 spiro atoms. The van der Waals surface area contributed by atoms with Gasteiger partial charge in [-0.25, -0.2) is 0 Å². The molecule has 0 bridgehead atoms. The number of methoxy groups -OCH3 is 1. The number of aromatic amines is 1. The Morgan fingerprint density at radius 1 is 1.39 bits per heavy atom. The van der Waals surface area contributed by atoms with Gasteiger partial charge < -0.3 is 20.4 Å². The summed E-state index contributed by atoms with van der Waals surface area (Å²) in [5, 5.41) is 4.96. The second-order valence-electron chi connectivity index (χ2n) is 3.47. The van der Waals surface area contributed by atoms with E-state index in [2.05, 4.69) is 15.6 Å². The molecule has 0 aliphatic carbocycles. The van der Waals surface area contributed by atoms with E-state index < -0.39 is 5.91 Å². The van der Waals surface area contributed by atoms with Crippen molar-refractivity contribution in [1.29, 1.82) is 0 Å². The van der Waals surface area contributed by atoms with Crippen molar-refractivity contribution in [2.24, 2.45) is 0 Å². The lowest BCUT2D eigenvalue weighted by molar-refractivity contribution is -0.120. The van der Waals surface area contributed by atoms with Gasteiger partial charge in [-0.2, -0.15) is 0 Å². The van der Waals surface area contributed by atoms with Crippen LogP contribution in [0.25, 0.3) is 0 Å². The van der Waals surface area contributed by atoms with Gasteiger partial charge >= 0.3 is 0 Å². The third kappa shape index (κ3) is 4.79. The van der Waals surface area contributed by atoms with Crippen LogP contribution in [0.5, 0.6) is 0 Å². The van der Waals surface area contributed by atoms with Crippen LogP contribution < -0.4 is 16.2 Å². The quantitative estimate of drug-likeness (QED) is 0.558. The topological polar surface area (TPSA) is 100 Å². The molecule has 0 saturated carbocycles. The summed E-state index contributed by atoms with van der Waals surface area (Å²) in [6.45, 7) is 0.652. The van der Waals surface area contributed by atoms with Crippen molar-refractivity contribution in [3.63, 3.8) is 0 Å². The third-order valence-corrected chi connectivity index (χ3v) is 2.08. The van der Waals surface area contributed by atoms with E-state index >= 15 is 0 Å². The summed E-state index contributed by atoms with van der Waals surface area (Å²) in [5.41, 5.74) is -0.157. The van der Waals surface area contributed by atoms with Gasteiger partial charge in [0.1, 0.15) is 0 Å². The Balaban J connectivity index is 2.37. The second kappa shape index (κ2) is 7.23. The summed E-state index contributed by atoms with van der Waals surface area (Å²) >= 11 is 0. The summed E-state index contributed by atoms with van der Waals surface area (Å²) < 4.78 is 4.76. The van der Waals surface area contributed by atoms with Gasteiger partial charge in [0.2, 0.25) is 11.5 Å². The number of amides is 2. The molecule has 98 valence electrons. The molecule has 0 aliphatic rings. The van der Waals surface area contributed by atoms with Gasteiger partial charge in [0.05, 0.1) is 13.2 Å². The number of nitrogens with one attached hydrogen (secondary N) is 3. The van der Waals surface area contributed by atoms with Gasteiger partial charge in [-0.15, -0.1) is 0 Å². The second-order valence-corrected chi connectivity index (χ2v) is 3.47. The lowest BCUT2D eigenvalue weighted by atomic mass is 10.2. The van der Waals surface area contributed by atoms with Crippen LogP contribution in [0.2, 0.25) is 0 Å². The normalized spacial score (nSPS) is 9.83. The first-order valence-corrected chi connectivity index (χ1v) is 5.36. The first-order valence-electron chi connectivity index (χ1n) is 5.36. The third-order valence-electron chi connectivity index (χ3n) is 2.08. The average Bonchev–Trinajstić information content (AvgIpc) is 2.36. The van der Waals surface area contributed by atoms with Crippen LogP contribution >= 0.6 is 0 Å². The molecule has 1 heterocycles. The van der Waals surface area contributed by atoms with E-state index in [1.54, 1.807) is 0 Å². The molecule has 0 aliphatic heterocycles. The largest absolute Gasteiger partial charge is 0.383 e. The Kier molecular flexibility index (Phi) is 5.59. The summed E-state index contributed by atoms with van der Waals surface area (Å²) in [4.78, 5) is 36.2. The van der Waals surface area contributed by atoms with E-state index in [-0.39, 0.29) is 23.6 Å². The molecule has 1 rings (SSSR count). The maximum atomic E-state index is 11.6. The van der Waals surface area contributed by atoms with Crippen LogP contribution in [-0.4, -0.2) is 43.6 Å². The molecular weight excluding hydrogens is 238 g/mol. The summed E-state index contributed by atoms with van der Waals surface area (Å²) in [7, 11) is 1.53. The van der Waals surface area contributed by atoms with Crippen molar-refractivity contribution in [3.8, 4) is 0 Å². The van der Waals surface area contributed by atoms with Gasteiger partial charge in [-0.05, 0) is 6.07 Å². The van der Waals surface area contributed by atoms with E-state index in [1.807, 2.05) is 0 Å². The van der Waals surface area contributed by atoms with E-state index in [0.717, 1.165) is 6.07 Å². The standard InChI is InChI=1S/C11H15N3O4/c1-18-5-4-13-10(16)7-14-11(17)8-2-3-12-9(15)6-8/h2-3,6H,4-5,7H2,1H3,(H,12,15)(H,13,16)(H,14,17). The minimum Gasteiger partial charge on any atom is -0.383 e. The SMILES string of the molecule is COCCNC(=O)CNC(=O)c1cc[nH]c(=O)c1. The molecule has 0 radical (unpaired) electrons. The highest BCUT2D eigenvalue weighted by molar-refractivity contribution is 5.96. The highest BCUT2D eigenvalue weighted by atomic mass is 16.5. The molecule has 0 atom stereocenters. The summed E-state index contributed by atoms with van der Waals surface area (Å²) in [6, 6.07) is 2.62. The fourth-order valence-electron chi connectivity index (χ4n) is 1.20. The number of H-pyrrole nitrogens is 1. The van der Waals surface area contributed by atoms with Crippen molar-refractivity contribution in [2.45, 2.75) is 0 Å². The summed E-state index contributed by atoms with van der Waals surface area (Å²) in [6.07, 6.45) is 1.37. The fraction of sp³-hybridized carbons (Fsp3) is 0.364. The molecule has 3 N–H and O–H groups in total. The Morgan fingerprint density at radius 3 is 2.83 bits per heavy atom. The zero-order valence-corrected chi connectivity index (χ0v) is 9.99. The van der Waals surface area contributed by atoms with Gasteiger partial charge in [0.15, 0.2) is 0 Å². The number of carbonyl (C=O) groups is 2. The van der Waals surface area contributed by atoms with Crippen molar-refractivity contribution in [3.05, 3.63) is 34.2 Å². The zero-order chi connectivity index (χ0) is 13.4. The molecule has 1 aromatic heterocycles. The smallest absolute Gasteiger partial charge is 0.251 e. The van der Waals surface area contributed by atoms with Crippen LogP contribution in [0.3, 0.4) is 0 Å². The molecule has 18 heavy (non-hydrogen) atoms. The van der Waals surface area contributed by atoms with Crippen LogP contribution in [0.4, 0.5) is 0 Å². The molecule has 0 fully saturated rings. The number of pyridine rings is 1. The monoisotopic (exact) mass is 253 g/mol. The van der Waals surface area contributed by atoms with E-state index in [0.29, 0.717) is 13.2 Å².